The molecule has 2 aromatic carbocycles. The Bertz CT molecular complexity index is 1020. The number of nitrogens with zero attached hydrogens (tertiary/aromatic N) is 4. The number of benzene rings is 2. The third-order valence-corrected chi connectivity index (χ3v) is 12.6. The summed E-state index contributed by atoms with van der Waals surface area (Å²) in [5, 5.41) is 0. The Morgan fingerprint density at radius 1 is 0.386 bits per heavy atom. The van der Waals surface area contributed by atoms with E-state index in [1.807, 2.05) is 0 Å². The maximum absolute atomic E-state index is 2.84. The van der Waals surface area contributed by atoms with Gasteiger partial charge in [-0.1, -0.05) is 73.5 Å². The van der Waals surface area contributed by atoms with E-state index in [0.717, 1.165) is 49.1 Å². The van der Waals surface area contributed by atoms with E-state index in [1.165, 1.54) is 140 Å². The molecule has 8 rings (SSSR count). The molecule has 0 bridgehead atoms. The van der Waals surface area contributed by atoms with E-state index in [2.05, 4.69) is 80.3 Å². The van der Waals surface area contributed by atoms with E-state index >= 15 is 0 Å². The summed E-state index contributed by atoms with van der Waals surface area (Å²) < 4.78 is 0. The Morgan fingerprint density at radius 2 is 0.773 bits per heavy atom. The lowest BCUT2D eigenvalue weighted by Gasteiger charge is -2.50. The second-order valence-corrected chi connectivity index (χ2v) is 15.1. The maximum atomic E-state index is 2.84. The molecule has 0 amide bonds. The summed E-state index contributed by atoms with van der Waals surface area (Å²) in [4.78, 5) is 11.3. The summed E-state index contributed by atoms with van der Waals surface area (Å²) in [6.07, 6.45) is 20.1. The molecule has 0 N–H and O–H groups in total. The molecule has 4 saturated heterocycles. The fourth-order valence-corrected chi connectivity index (χ4v) is 10.6. The van der Waals surface area contributed by atoms with E-state index in [4.69, 9.17) is 0 Å². The van der Waals surface area contributed by atoms with Gasteiger partial charge in [0.1, 0.15) is 0 Å². The number of hydrogen-bond acceptors (Lipinski definition) is 4. The van der Waals surface area contributed by atoms with E-state index in [1.54, 1.807) is 0 Å². The minimum atomic E-state index is 0.841. The highest BCUT2D eigenvalue weighted by molar-refractivity contribution is 5.16. The SMILES string of the molecule is c1ccc(CN2CCC[C@H]3[C@H](N4CCCC4)CCC[C@@H]32)cc1.c1ccc(CN2CCC[C@H]3[C@H]2CCC[C@@H]3N2CCCC2)cc1. The van der Waals surface area contributed by atoms with Crippen molar-refractivity contribution in [2.75, 3.05) is 39.3 Å². The summed E-state index contributed by atoms with van der Waals surface area (Å²) in [5.74, 6) is 1.87. The van der Waals surface area contributed by atoms with Crippen molar-refractivity contribution in [2.24, 2.45) is 11.8 Å². The quantitative estimate of drug-likeness (QED) is 0.337. The highest BCUT2D eigenvalue weighted by atomic mass is 15.2. The second kappa shape index (κ2) is 15.2. The van der Waals surface area contributed by atoms with Crippen LogP contribution in [0.1, 0.15) is 101 Å². The number of likely N-dealkylation sites (tertiary alicyclic amines) is 4. The van der Waals surface area contributed by atoms with Crippen LogP contribution < -0.4 is 0 Å². The first kappa shape index (κ1) is 30.9. The van der Waals surface area contributed by atoms with Gasteiger partial charge in [-0.05, 0) is 139 Å². The Hall–Kier alpha value is -1.72. The number of rotatable bonds is 6. The number of hydrogen-bond donors (Lipinski definition) is 0. The molecule has 6 aliphatic rings. The molecule has 0 unspecified atom stereocenters. The van der Waals surface area contributed by atoms with E-state index in [9.17, 15) is 0 Å². The standard InChI is InChI=1S/2C20H30N2/c2*1-2-8-17(9-3-1)16-22-15-7-10-18-19(11-6-12-20(18)22)21-13-4-5-14-21/h2*1-3,8-9,18-20H,4-7,10-16H2/t2*18-,19+,20-/m10/s1. The third kappa shape index (κ3) is 7.30. The molecule has 6 atom stereocenters. The van der Waals surface area contributed by atoms with Crippen molar-refractivity contribution in [1.29, 1.82) is 0 Å². The topological polar surface area (TPSA) is 13.0 Å². The van der Waals surface area contributed by atoms with Crippen LogP contribution in [0.3, 0.4) is 0 Å². The van der Waals surface area contributed by atoms with Crippen LogP contribution in [0.15, 0.2) is 60.7 Å². The van der Waals surface area contributed by atoms with E-state index in [0.29, 0.717) is 0 Å². The first-order chi connectivity index (χ1) is 21.8. The van der Waals surface area contributed by atoms with Crippen LogP contribution in [0.5, 0.6) is 0 Å². The van der Waals surface area contributed by atoms with Gasteiger partial charge < -0.3 is 9.80 Å². The molecule has 44 heavy (non-hydrogen) atoms. The van der Waals surface area contributed by atoms with Crippen molar-refractivity contribution < 1.29 is 0 Å². The van der Waals surface area contributed by atoms with Crippen LogP contribution in [-0.2, 0) is 13.1 Å². The Labute approximate surface area is 269 Å². The lowest BCUT2D eigenvalue weighted by Crippen LogP contribution is -2.55. The molecule has 0 radical (unpaired) electrons. The summed E-state index contributed by atoms with van der Waals surface area (Å²) in [6.45, 7) is 10.4. The maximum Gasteiger partial charge on any atom is 0.0236 e. The molecule has 4 nitrogen and oxygen atoms in total. The van der Waals surface area contributed by atoms with E-state index < -0.39 is 0 Å². The summed E-state index contributed by atoms with van der Waals surface area (Å²) in [6, 6.07) is 25.6. The monoisotopic (exact) mass is 596 g/mol. The lowest BCUT2D eigenvalue weighted by atomic mass is 9.74. The number of piperidine rings is 2. The van der Waals surface area contributed by atoms with Gasteiger partial charge in [0.05, 0.1) is 0 Å². The minimum Gasteiger partial charge on any atom is -0.300 e. The Kier molecular flexibility index (Phi) is 10.7. The molecule has 4 aliphatic heterocycles. The van der Waals surface area contributed by atoms with Gasteiger partial charge in [-0.3, -0.25) is 9.80 Å². The van der Waals surface area contributed by atoms with Crippen molar-refractivity contribution in [3.63, 3.8) is 0 Å². The molecule has 2 saturated carbocycles. The van der Waals surface area contributed by atoms with Crippen molar-refractivity contribution >= 4 is 0 Å². The van der Waals surface area contributed by atoms with Gasteiger partial charge in [0.15, 0.2) is 0 Å². The van der Waals surface area contributed by atoms with Gasteiger partial charge in [-0.2, -0.15) is 0 Å². The molecule has 0 spiro atoms. The van der Waals surface area contributed by atoms with Crippen LogP contribution in [-0.4, -0.2) is 83.0 Å². The van der Waals surface area contributed by atoms with Gasteiger partial charge in [0.25, 0.3) is 0 Å². The lowest BCUT2D eigenvalue weighted by molar-refractivity contribution is -0.00108. The molecular weight excluding hydrogens is 536 g/mol. The zero-order valence-electron chi connectivity index (χ0n) is 27.6. The van der Waals surface area contributed by atoms with Crippen molar-refractivity contribution in [3.05, 3.63) is 71.8 Å². The van der Waals surface area contributed by atoms with Crippen LogP contribution in [0.2, 0.25) is 0 Å². The normalized spacial score (nSPS) is 33.7. The van der Waals surface area contributed by atoms with Gasteiger partial charge in [-0.15, -0.1) is 0 Å². The van der Waals surface area contributed by atoms with Gasteiger partial charge in [0, 0.05) is 37.3 Å². The molecule has 6 fully saturated rings. The number of fused-ring (bicyclic) bond motifs is 2. The predicted octanol–water partition coefficient (Wildman–Crippen LogP) is 7.83. The average molecular weight is 597 g/mol. The highest BCUT2D eigenvalue weighted by Gasteiger charge is 2.42. The van der Waals surface area contributed by atoms with E-state index in [-0.39, 0.29) is 0 Å². The first-order valence-corrected chi connectivity index (χ1v) is 18.9. The summed E-state index contributed by atoms with van der Waals surface area (Å²) in [7, 11) is 0. The first-order valence-electron chi connectivity index (χ1n) is 18.9. The Morgan fingerprint density at radius 3 is 1.18 bits per heavy atom. The highest BCUT2D eigenvalue weighted by Crippen LogP contribution is 2.41. The minimum absolute atomic E-state index is 0.841. The molecule has 2 aliphatic carbocycles. The fraction of sp³-hybridized carbons (Fsp3) is 0.700. The fourth-order valence-electron chi connectivity index (χ4n) is 10.6. The second-order valence-electron chi connectivity index (χ2n) is 15.1. The van der Waals surface area contributed by atoms with Crippen molar-refractivity contribution in [2.45, 2.75) is 127 Å². The zero-order chi connectivity index (χ0) is 29.6. The molecular formula is C40H60N4. The van der Waals surface area contributed by atoms with Crippen molar-refractivity contribution in [1.82, 2.24) is 19.6 Å². The third-order valence-electron chi connectivity index (χ3n) is 12.6. The largest absolute Gasteiger partial charge is 0.300 e. The van der Waals surface area contributed by atoms with Gasteiger partial charge in [0.2, 0.25) is 0 Å². The summed E-state index contributed by atoms with van der Waals surface area (Å²) >= 11 is 0. The van der Waals surface area contributed by atoms with Crippen LogP contribution in [0.4, 0.5) is 0 Å². The zero-order valence-corrected chi connectivity index (χ0v) is 27.6. The average Bonchev–Trinajstić information content (AvgIpc) is 3.82. The van der Waals surface area contributed by atoms with Gasteiger partial charge in [-0.25, -0.2) is 0 Å². The van der Waals surface area contributed by atoms with Gasteiger partial charge >= 0.3 is 0 Å². The van der Waals surface area contributed by atoms with Crippen LogP contribution in [0.25, 0.3) is 0 Å². The predicted molar refractivity (Wildman–Crippen MR) is 184 cm³/mol. The smallest absolute Gasteiger partial charge is 0.0236 e. The van der Waals surface area contributed by atoms with Crippen molar-refractivity contribution in [3.8, 4) is 0 Å². The molecule has 4 heteroatoms. The molecule has 2 aromatic rings. The molecule has 0 aromatic heterocycles. The molecule has 240 valence electrons. The Balaban J connectivity index is 0.000000142. The summed E-state index contributed by atoms with van der Waals surface area (Å²) in [5.41, 5.74) is 2.98. The van der Waals surface area contributed by atoms with Crippen LogP contribution >= 0.6 is 0 Å². The van der Waals surface area contributed by atoms with Crippen LogP contribution in [0, 0.1) is 11.8 Å². The molecule has 4 heterocycles.